The third kappa shape index (κ3) is 5.58. The molecule has 0 fully saturated rings. The highest BCUT2D eigenvalue weighted by atomic mass is 32.2. The number of carbonyl (C=O) groups excluding carboxylic acids is 2. The van der Waals surface area contributed by atoms with Crippen LogP contribution >= 0.6 is 11.8 Å². The lowest BCUT2D eigenvalue weighted by atomic mass is 10.2. The van der Waals surface area contributed by atoms with Crippen molar-refractivity contribution in [2.45, 2.75) is 12.1 Å². The van der Waals surface area contributed by atoms with E-state index in [2.05, 4.69) is 15.5 Å². The average Bonchev–Trinajstić information content (AvgIpc) is 3.22. The van der Waals surface area contributed by atoms with Crippen LogP contribution in [-0.4, -0.2) is 41.5 Å². The minimum atomic E-state index is -0.436. The van der Waals surface area contributed by atoms with Crippen molar-refractivity contribution in [3.8, 4) is 17.2 Å². The number of benzene rings is 2. The van der Waals surface area contributed by atoms with E-state index in [1.807, 2.05) is 18.2 Å². The fourth-order valence-corrected chi connectivity index (χ4v) is 2.97. The number of thioether (sulfide) groups is 1. The van der Waals surface area contributed by atoms with E-state index in [1.54, 1.807) is 44.4 Å². The number of aromatic nitrogens is 2. The molecule has 29 heavy (non-hydrogen) atoms. The van der Waals surface area contributed by atoms with Crippen LogP contribution in [0.4, 0.5) is 5.69 Å². The molecular formula is C20H19N3O5S. The zero-order valence-corrected chi connectivity index (χ0v) is 16.7. The van der Waals surface area contributed by atoms with Gasteiger partial charge < -0.3 is 19.2 Å². The van der Waals surface area contributed by atoms with E-state index in [-0.39, 0.29) is 23.5 Å². The summed E-state index contributed by atoms with van der Waals surface area (Å²) >= 11 is 1.12. The molecule has 0 aliphatic carbocycles. The largest absolute Gasteiger partial charge is 0.497 e. The molecule has 0 spiro atoms. The molecule has 9 heteroatoms. The SMILES string of the molecule is CCOC(=O)c1cccc(NC(=O)CSc2nnc(-c3cccc(OC)c3)o2)c1. The van der Waals surface area contributed by atoms with Crippen LogP contribution in [0.15, 0.2) is 58.2 Å². The van der Waals surface area contributed by atoms with Crippen LogP contribution in [0.25, 0.3) is 11.5 Å². The van der Waals surface area contributed by atoms with Crippen molar-refractivity contribution in [3.05, 3.63) is 54.1 Å². The van der Waals surface area contributed by atoms with Gasteiger partial charge >= 0.3 is 5.97 Å². The molecule has 0 saturated carbocycles. The van der Waals surface area contributed by atoms with E-state index in [0.29, 0.717) is 22.9 Å². The summed E-state index contributed by atoms with van der Waals surface area (Å²) in [4.78, 5) is 24.0. The number of nitrogens with one attached hydrogen (secondary N) is 1. The Hall–Kier alpha value is -3.33. The van der Waals surface area contributed by atoms with Gasteiger partial charge in [-0.3, -0.25) is 4.79 Å². The molecule has 0 atom stereocenters. The number of carbonyl (C=O) groups is 2. The summed E-state index contributed by atoms with van der Waals surface area (Å²) in [6, 6.07) is 13.8. The molecule has 1 heterocycles. The lowest BCUT2D eigenvalue weighted by molar-refractivity contribution is -0.113. The fraction of sp³-hybridized carbons (Fsp3) is 0.200. The highest BCUT2D eigenvalue weighted by Crippen LogP contribution is 2.26. The summed E-state index contributed by atoms with van der Waals surface area (Å²) in [5.74, 6) is 0.392. The number of nitrogens with zero attached hydrogens (tertiary/aromatic N) is 2. The lowest BCUT2D eigenvalue weighted by Gasteiger charge is -2.06. The van der Waals surface area contributed by atoms with Crippen LogP contribution in [0, 0.1) is 0 Å². The summed E-state index contributed by atoms with van der Waals surface area (Å²) < 4.78 is 15.7. The molecule has 2 aromatic carbocycles. The van der Waals surface area contributed by atoms with Crippen LogP contribution in [0.5, 0.6) is 5.75 Å². The number of esters is 1. The van der Waals surface area contributed by atoms with Crippen molar-refractivity contribution in [2.75, 3.05) is 24.8 Å². The molecule has 1 amide bonds. The van der Waals surface area contributed by atoms with E-state index >= 15 is 0 Å². The second-order valence-electron chi connectivity index (χ2n) is 5.74. The number of methoxy groups -OCH3 is 1. The highest BCUT2D eigenvalue weighted by molar-refractivity contribution is 7.99. The topological polar surface area (TPSA) is 104 Å². The van der Waals surface area contributed by atoms with Crippen molar-refractivity contribution in [1.82, 2.24) is 10.2 Å². The molecule has 1 aromatic heterocycles. The Morgan fingerprint density at radius 3 is 2.76 bits per heavy atom. The first-order chi connectivity index (χ1) is 14.1. The Kier molecular flexibility index (Phi) is 6.85. The van der Waals surface area contributed by atoms with Gasteiger partial charge in [0.25, 0.3) is 5.22 Å². The Morgan fingerprint density at radius 1 is 1.14 bits per heavy atom. The van der Waals surface area contributed by atoms with Gasteiger partial charge in [0.1, 0.15) is 5.75 Å². The Labute approximate surface area is 171 Å². The van der Waals surface area contributed by atoms with Gasteiger partial charge in [-0.1, -0.05) is 23.9 Å². The third-order valence-corrected chi connectivity index (χ3v) is 4.53. The maximum absolute atomic E-state index is 12.2. The van der Waals surface area contributed by atoms with E-state index in [0.717, 1.165) is 17.3 Å². The van der Waals surface area contributed by atoms with E-state index < -0.39 is 5.97 Å². The molecule has 8 nitrogen and oxygen atoms in total. The van der Waals surface area contributed by atoms with Gasteiger partial charge in [0.05, 0.1) is 25.0 Å². The molecular weight excluding hydrogens is 394 g/mol. The molecule has 1 N–H and O–H groups in total. The standard InChI is InChI=1S/C20H19N3O5S/c1-3-27-19(25)14-7-4-8-15(10-14)21-17(24)12-29-20-23-22-18(28-20)13-6-5-9-16(11-13)26-2/h4-11H,3,12H2,1-2H3,(H,21,24). The van der Waals surface area contributed by atoms with E-state index in [9.17, 15) is 9.59 Å². The van der Waals surface area contributed by atoms with E-state index in [4.69, 9.17) is 13.9 Å². The lowest BCUT2D eigenvalue weighted by Crippen LogP contribution is -2.14. The van der Waals surface area contributed by atoms with Gasteiger partial charge in [-0.25, -0.2) is 4.79 Å². The fourth-order valence-electron chi connectivity index (χ4n) is 2.40. The van der Waals surface area contributed by atoms with Gasteiger partial charge in [-0.05, 0) is 43.3 Å². The van der Waals surface area contributed by atoms with Crippen LogP contribution in [0.3, 0.4) is 0 Å². The number of amides is 1. The van der Waals surface area contributed by atoms with Crippen LogP contribution in [0.2, 0.25) is 0 Å². The second-order valence-corrected chi connectivity index (χ2v) is 6.67. The molecule has 3 rings (SSSR count). The maximum Gasteiger partial charge on any atom is 0.338 e. The van der Waals surface area contributed by atoms with Crippen LogP contribution in [0.1, 0.15) is 17.3 Å². The number of hydrogen-bond acceptors (Lipinski definition) is 8. The quantitative estimate of drug-likeness (QED) is 0.441. The van der Waals surface area contributed by atoms with Crippen molar-refractivity contribution in [3.63, 3.8) is 0 Å². The summed E-state index contributed by atoms with van der Waals surface area (Å²) in [5, 5.41) is 11.0. The number of anilines is 1. The average molecular weight is 413 g/mol. The number of hydrogen-bond donors (Lipinski definition) is 1. The first-order valence-corrected chi connectivity index (χ1v) is 9.75. The maximum atomic E-state index is 12.2. The zero-order valence-electron chi connectivity index (χ0n) is 15.9. The van der Waals surface area contributed by atoms with Crippen LogP contribution < -0.4 is 10.1 Å². The molecule has 0 aliphatic rings. The second kappa shape index (κ2) is 9.74. The van der Waals surface area contributed by atoms with Gasteiger partial charge in [0.2, 0.25) is 11.8 Å². The smallest absolute Gasteiger partial charge is 0.338 e. The Balaban J connectivity index is 1.57. The van der Waals surface area contributed by atoms with Crippen molar-refractivity contribution in [2.24, 2.45) is 0 Å². The normalized spacial score (nSPS) is 10.4. The first kappa shape index (κ1) is 20.4. The molecule has 0 unspecified atom stereocenters. The van der Waals surface area contributed by atoms with Crippen molar-refractivity contribution in [1.29, 1.82) is 0 Å². The van der Waals surface area contributed by atoms with Gasteiger partial charge in [0, 0.05) is 11.3 Å². The zero-order chi connectivity index (χ0) is 20.6. The molecule has 0 saturated heterocycles. The predicted molar refractivity (Wildman–Crippen MR) is 108 cm³/mol. The summed E-state index contributed by atoms with van der Waals surface area (Å²) in [6.07, 6.45) is 0. The number of rotatable bonds is 8. The monoisotopic (exact) mass is 413 g/mol. The van der Waals surface area contributed by atoms with E-state index in [1.165, 1.54) is 0 Å². The number of ether oxygens (including phenoxy) is 2. The van der Waals surface area contributed by atoms with Gasteiger partial charge in [-0.2, -0.15) is 0 Å². The molecule has 150 valence electrons. The molecule has 0 radical (unpaired) electrons. The molecule has 3 aromatic rings. The minimum absolute atomic E-state index is 0.0728. The Bertz CT molecular complexity index is 1010. The third-order valence-electron chi connectivity index (χ3n) is 3.71. The predicted octanol–water partition coefficient (Wildman–Crippen LogP) is 3.65. The molecule has 0 aliphatic heterocycles. The highest BCUT2D eigenvalue weighted by Gasteiger charge is 2.13. The van der Waals surface area contributed by atoms with Crippen LogP contribution in [-0.2, 0) is 9.53 Å². The first-order valence-electron chi connectivity index (χ1n) is 8.77. The summed E-state index contributed by atoms with van der Waals surface area (Å²) in [5.41, 5.74) is 1.60. The Morgan fingerprint density at radius 2 is 1.97 bits per heavy atom. The minimum Gasteiger partial charge on any atom is -0.497 e. The van der Waals surface area contributed by atoms with Crippen molar-refractivity contribution >= 4 is 29.3 Å². The molecule has 0 bridgehead atoms. The van der Waals surface area contributed by atoms with Crippen molar-refractivity contribution < 1.29 is 23.5 Å². The van der Waals surface area contributed by atoms with Gasteiger partial charge in [-0.15, -0.1) is 10.2 Å². The summed E-state index contributed by atoms with van der Waals surface area (Å²) in [7, 11) is 1.58. The van der Waals surface area contributed by atoms with Gasteiger partial charge in [0.15, 0.2) is 0 Å². The summed E-state index contributed by atoms with van der Waals surface area (Å²) in [6.45, 7) is 2.02.